The van der Waals surface area contributed by atoms with E-state index in [9.17, 15) is 60.7 Å². The lowest BCUT2D eigenvalue weighted by atomic mass is 10.1. The quantitative estimate of drug-likeness (QED) is 0.0367. The molecule has 0 saturated heterocycles. The number of halogens is 1. The van der Waals surface area contributed by atoms with Gasteiger partial charge < -0.3 is 39.7 Å². The minimum absolute atomic E-state index is 0.0748. The van der Waals surface area contributed by atoms with Gasteiger partial charge in [-0.3, -0.25) is 9.11 Å². The lowest BCUT2D eigenvalue weighted by Crippen LogP contribution is -2.04. The van der Waals surface area contributed by atoms with Gasteiger partial charge >= 0.3 is 5.97 Å². The summed E-state index contributed by atoms with van der Waals surface area (Å²) >= 11 is 0. The number of azo groups is 3. The summed E-state index contributed by atoms with van der Waals surface area (Å²) in [7, 11) is -8.79. The Bertz CT molecular complexity index is 3070. The van der Waals surface area contributed by atoms with E-state index in [4.69, 9.17) is 14.2 Å². The van der Waals surface area contributed by atoms with E-state index in [2.05, 4.69) is 35.8 Å². The topological polar surface area (TPSA) is 347 Å². The van der Waals surface area contributed by atoms with Gasteiger partial charge in [-0.1, -0.05) is 12.1 Å². The summed E-state index contributed by atoms with van der Waals surface area (Å²) in [6.45, 7) is -1.71. The van der Waals surface area contributed by atoms with Crippen molar-refractivity contribution >= 4 is 71.1 Å². The van der Waals surface area contributed by atoms with Crippen LogP contribution in [0, 0.1) is 5.82 Å². The minimum atomic E-state index is -5.23. The molecule has 0 saturated carbocycles. The molecule has 6 rings (SSSR count). The van der Waals surface area contributed by atoms with Gasteiger partial charge in [-0.2, -0.15) is 26.6 Å². The highest BCUT2D eigenvalue weighted by Gasteiger charge is 2.27. The van der Waals surface area contributed by atoms with Crippen LogP contribution in [0.2, 0.25) is 0 Å². The van der Waals surface area contributed by atoms with Crippen molar-refractivity contribution in [3.8, 4) is 34.6 Å². The van der Waals surface area contributed by atoms with E-state index in [1.165, 1.54) is 49.6 Å². The van der Waals surface area contributed by atoms with Gasteiger partial charge in [-0.25, -0.2) is 9.18 Å². The molecule has 0 atom stereocenters. The molecule has 7 N–H and O–H groups in total. The van der Waals surface area contributed by atoms with E-state index in [0.717, 1.165) is 36.4 Å². The molecule has 0 radical (unpaired) electrons. The van der Waals surface area contributed by atoms with Crippen LogP contribution in [0.15, 0.2) is 119 Å². The Labute approximate surface area is 353 Å². The third kappa shape index (κ3) is 10.0. The van der Waals surface area contributed by atoms with Gasteiger partial charge in [0.05, 0.1) is 26.0 Å². The second kappa shape index (κ2) is 18.6. The van der Waals surface area contributed by atoms with Crippen LogP contribution < -0.4 is 14.2 Å². The number of phenolic OH excluding ortho intramolecular Hbond substituents is 1. The lowest BCUT2D eigenvalue weighted by Gasteiger charge is -2.13. The number of hydrogen-bond donors (Lipinski definition) is 7. The number of aliphatic hydroxyl groups excluding tert-OH is 2. The molecule has 0 spiro atoms. The first kappa shape index (κ1) is 45.0. The third-order valence-corrected chi connectivity index (χ3v) is 10.2. The summed E-state index contributed by atoms with van der Waals surface area (Å²) in [5.41, 5.74) is -3.40. The Morgan fingerprint density at radius 3 is 1.89 bits per heavy atom. The van der Waals surface area contributed by atoms with Gasteiger partial charge in [0, 0.05) is 23.6 Å². The van der Waals surface area contributed by atoms with E-state index in [1.54, 1.807) is 0 Å². The number of phenols is 1. The van der Waals surface area contributed by atoms with Crippen molar-refractivity contribution in [3.63, 3.8) is 0 Å². The van der Waals surface area contributed by atoms with Crippen LogP contribution in [0.3, 0.4) is 0 Å². The number of aliphatic hydroxyl groups is 2. The lowest BCUT2D eigenvalue weighted by molar-refractivity contribution is 0.0690. The number of methoxy groups -OCH3 is 1. The zero-order valence-corrected chi connectivity index (χ0v) is 33.6. The molecule has 0 fully saturated rings. The van der Waals surface area contributed by atoms with Crippen molar-refractivity contribution in [2.24, 2.45) is 30.7 Å². The number of ether oxygens (including phenoxy) is 3. The van der Waals surface area contributed by atoms with Crippen LogP contribution in [-0.2, 0) is 20.2 Å². The first-order valence-corrected chi connectivity index (χ1v) is 20.5. The molecule has 0 aliphatic carbocycles. The van der Waals surface area contributed by atoms with Crippen molar-refractivity contribution < 1.29 is 74.9 Å². The number of aromatic nitrogens is 2. The molecule has 6 aromatic rings. The summed E-state index contributed by atoms with van der Waals surface area (Å²) in [6.07, 6.45) is 0. The van der Waals surface area contributed by atoms with Crippen molar-refractivity contribution in [1.29, 1.82) is 0 Å². The molecule has 63 heavy (non-hydrogen) atoms. The number of carboxylic acids is 1. The van der Waals surface area contributed by atoms with E-state index in [0.29, 0.717) is 4.68 Å². The molecule has 0 unspecified atom stereocenters. The molecule has 0 amide bonds. The fraction of sp³-hybridized carbons (Fsp3) is 0.135. The fourth-order valence-corrected chi connectivity index (χ4v) is 6.87. The second-order valence-corrected chi connectivity index (χ2v) is 15.3. The summed E-state index contributed by atoms with van der Waals surface area (Å²) in [5, 5.41) is 77.9. The number of benzene rings is 5. The van der Waals surface area contributed by atoms with Gasteiger partial charge in [0.25, 0.3) is 20.2 Å². The smallest absolute Gasteiger partial charge is 0.358 e. The van der Waals surface area contributed by atoms with Crippen LogP contribution in [0.5, 0.6) is 28.9 Å². The highest BCUT2D eigenvalue weighted by Crippen LogP contribution is 2.46. The van der Waals surface area contributed by atoms with Crippen molar-refractivity contribution in [2.45, 2.75) is 9.79 Å². The van der Waals surface area contributed by atoms with Crippen molar-refractivity contribution in [1.82, 2.24) is 9.78 Å². The minimum Gasteiger partial charge on any atom is -0.505 e. The summed E-state index contributed by atoms with van der Waals surface area (Å²) in [6, 6.07) is 15.4. The van der Waals surface area contributed by atoms with Gasteiger partial charge in [-0.15, -0.1) is 30.7 Å². The average Bonchev–Trinajstić information content (AvgIpc) is 3.58. The number of rotatable bonds is 17. The van der Waals surface area contributed by atoms with Crippen LogP contribution in [0.1, 0.15) is 10.5 Å². The maximum atomic E-state index is 14.1. The summed E-state index contributed by atoms with van der Waals surface area (Å²) < 4.78 is 101. The van der Waals surface area contributed by atoms with Crippen LogP contribution in [0.25, 0.3) is 16.5 Å². The Morgan fingerprint density at radius 2 is 1.30 bits per heavy atom. The number of nitrogens with zero attached hydrogens (tertiary/aromatic N) is 8. The van der Waals surface area contributed by atoms with E-state index < -0.39 is 83.7 Å². The van der Waals surface area contributed by atoms with Gasteiger partial charge in [0.15, 0.2) is 17.3 Å². The Hall–Kier alpha value is -7.49. The standard InChI is InChI=1S/C37H31FN8O15S2/c1-59-21-7-9-25(30(16-21)62(53,54)55)40-41-26-17-29(61-13-11-48)27(18-28(26)60-12-10-47)42-43-32-31(63(56,57)58)15-19-14-20(6-8-22(19)35(32)49)46-36(50)33(34(45-46)37(51)52)44-39-24-5-3-2-4-23(24)38/h2-9,14-18,47-50H,10-13H2,1H3,(H,51,52)(H,53,54,55)(H,56,57,58). The summed E-state index contributed by atoms with van der Waals surface area (Å²) in [5.74, 6) is -4.47. The predicted molar refractivity (Wildman–Crippen MR) is 215 cm³/mol. The zero-order chi connectivity index (χ0) is 45.6. The molecule has 0 aliphatic heterocycles. The van der Waals surface area contributed by atoms with Gasteiger partial charge in [-0.05, 0) is 53.9 Å². The molecular formula is C37H31FN8O15S2. The monoisotopic (exact) mass is 910 g/mol. The van der Waals surface area contributed by atoms with Gasteiger partial charge in [0.1, 0.15) is 68.7 Å². The van der Waals surface area contributed by atoms with Crippen molar-refractivity contribution in [3.05, 3.63) is 90.4 Å². The van der Waals surface area contributed by atoms with E-state index in [-0.39, 0.29) is 69.7 Å². The molecule has 26 heteroatoms. The molecule has 23 nitrogen and oxygen atoms in total. The average molecular weight is 911 g/mol. The Kier molecular flexibility index (Phi) is 13.3. The van der Waals surface area contributed by atoms with E-state index >= 15 is 0 Å². The second-order valence-electron chi connectivity index (χ2n) is 12.5. The SMILES string of the molecule is COc1ccc(N=Nc2cc(OCCO)c(N=Nc3c(S(=O)(=O)O)cc4cc(-n5nc(C(=O)O)c(N=Nc6ccccc6F)c5O)ccc4c3O)cc2OCCO)c(S(=O)(=O)O)c1. The number of carboxylic acid groups (broad SMARTS) is 1. The van der Waals surface area contributed by atoms with Crippen LogP contribution in [-0.4, -0.2) is 101 Å². The zero-order valence-electron chi connectivity index (χ0n) is 32.0. The predicted octanol–water partition coefficient (Wildman–Crippen LogP) is 6.76. The first-order valence-electron chi connectivity index (χ1n) is 17.6. The first-order chi connectivity index (χ1) is 29.9. The number of carbonyl (C=O) groups is 1. The molecule has 0 aliphatic rings. The number of aromatic hydroxyl groups is 2. The maximum absolute atomic E-state index is 14.1. The summed E-state index contributed by atoms with van der Waals surface area (Å²) in [4.78, 5) is 10.4. The highest BCUT2D eigenvalue weighted by atomic mass is 32.2. The number of fused-ring (bicyclic) bond motifs is 1. The van der Waals surface area contributed by atoms with E-state index in [1.807, 2.05) is 0 Å². The molecule has 0 bridgehead atoms. The third-order valence-electron chi connectivity index (χ3n) is 8.41. The fourth-order valence-electron chi connectivity index (χ4n) is 5.58. The molecule has 5 aromatic carbocycles. The normalized spacial score (nSPS) is 12.2. The highest BCUT2D eigenvalue weighted by molar-refractivity contribution is 7.86. The largest absolute Gasteiger partial charge is 0.505 e. The van der Waals surface area contributed by atoms with Gasteiger partial charge in [0.2, 0.25) is 11.6 Å². The Morgan fingerprint density at radius 1 is 0.714 bits per heavy atom. The Balaban J connectivity index is 1.44. The number of hydrogen-bond acceptors (Lipinski definition) is 19. The van der Waals surface area contributed by atoms with Crippen LogP contribution >= 0.6 is 0 Å². The van der Waals surface area contributed by atoms with Crippen molar-refractivity contribution in [2.75, 3.05) is 33.5 Å². The van der Waals surface area contributed by atoms with Crippen LogP contribution in [0.4, 0.5) is 38.5 Å². The molecular weight excluding hydrogens is 880 g/mol. The molecule has 328 valence electrons. The maximum Gasteiger partial charge on any atom is 0.358 e. The number of aromatic carboxylic acids is 1. The molecule has 1 aromatic heterocycles. The molecule has 1 heterocycles.